The van der Waals surface area contributed by atoms with Crippen LogP contribution in [-0.4, -0.2) is 27.7 Å². The summed E-state index contributed by atoms with van der Waals surface area (Å²) in [6.45, 7) is 0.524. The Labute approximate surface area is 145 Å². The maximum absolute atomic E-state index is 5.98. The summed E-state index contributed by atoms with van der Waals surface area (Å²) in [6, 6.07) is 10.0. The van der Waals surface area contributed by atoms with Crippen molar-refractivity contribution in [3.63, 3.8) is 0 Å². The number of anilines is 1. The lowest BCUT2D eigenvalue weighted by molar-refractivity contribution is 0.577. The maximum atomic E-state index is 5.98. The summed E-state index contributed by atoms with van der Waals surface area (Å²) in [6.07, 6.45) is 5.78. The number of hydrogen-bond acceptors (Lipinski definition) is 4. The summed E-state index contributed by atoms with van der Waals surface area (Å²) in [7, 11) is 0. The Hall–Kier alpha value is -3.09. The summed E-state index contributed by atoms with van der Waals surface area (Å²) < 4.78 is 5.27. The number of aryl methyl sites for hydroxylation is 2. The smallest absolute Gasteiger partial charge is 0.216 e. The second-order valence-electron chi connectivity index (χ2n) is 6.06. The molecule has 0 unspecified atom stereocenters. The van der Waals surface area contributed by atoms with E-state index in [9.17, 15) is 0 Å². The molecule has 0 saturated carbocycles. The predicted octanol–water partition coefficient (Wildman–Crippen LogP) is 2.52. The summed E-state index contributed by atoms with van der Waals surface area (Å²) in [5.74, 6) is 2.35. The molecule has 7 nitrogen and oxygen atoms in total. The van der Waals surface area contributed by atoms with Gasteiger partial charge >= 0.3 is 0 Å². The van der Waals surface area contributed by atoms with Gasteiger partial charge in [0.25, 0.3) is 0 Å². The zero-order valence-electron chi connectivity index (χ0n) is 13.8. The van der Waals surface area contributed by atoms with Crippen molar-refractivity contribution < 1.29 is 4.42 Å². The number of aromatic nitrogens is 3. The van der Waals surface area contributed by atoms with Gasteiger partial charge in [-0.3, -0.25) is 10.1 Å². The highest BCUT2D eigenvalue weighted by Crippen LogP contribution is 2.24. The second-order valence-corrected chi connectivity index (χ2v) is 6.06. The fraction of sp³-hybridized carbons (Fsp3) is 0.278. The van der Waals surface area contributed by atoms with Gasteiger partial charge in [-0.2, -0.15) is 5.10 Å². The molecule has 3 aromatic rings. The van der Waals surface area contributed by atoms with E-state index >= 15 is 0 Å². The summed E-state index contributed by atoms with van der Waals surface area (Å²) in [4.78, 5) is 8.73. The predicted molar refractivity (Wildman–Crippen MR) is 96.4 cm³/mol. The van der Waals surface area contributed by atoms with E-state index in [4.69, 9.17) is 10.2 Å². The van der Waals surface area contributed by atoms with Gasteiger partial charge in [-0.25, -0.2) is 4.98 Å². The maximum Gasteiger partial charge on any atom is 0.216 e. The van der Waals surface area contributed by atoms with Crippen LogP contribution in [0.3, 0.4) is 0 Å². The zero-order chi connectivity index (χ0) is 17.1. The van der Waals surface area contributed by atoms with Gasteiger partial charge in [0.05, 0.1) is 6.26 Å². The summed E-state index contributed by atoms with van der Waals surface area (Å²) in [5.41, 5.74) is 9.81. The van der Waals surface area contributed by atoms with Crippen molar-refractivity contribution in [2.75, 3.05) is 11.9 Å². The van der Waals surface area contributed by atoms with Gasteiger partial charge in [0.15, 0.2) is 11.7 Å². The van der Waals surface area contributed by atoms with E-state index in [0.717, 1.165) is 17.9 Å². The molecule has 4 rings (SSSR count). The largest absolute Gasteiger partial charge is 0.461 e. The van der Waals surface area contributed by atoms with Crippen LogP contribution in [0.2, 0.25) is 0 Å². The van der Waals surface area contributed by atoms with Crippen molar-refractivity contribution in [3.8, 4) is 11.6 Å². The van der Waals surface area contributed by atoms with Gasteiger partial charge in [-0.15, -0.1) is 0 Å². The first-order chi connectivity index (χ1) is 12.3. The van der Waals surface area contributed by atoms with Crippen molar-refractivity contribution in [1.29, 1.82) is 0 Å². The summed E-state index contributed by atoms with van der Waals surface area (Å²) >= 11 is 0. The molecule has 2 aromatic heterocycles. The van der Waals surface area contributed by atoms with Gasteiger partial charge < -0.3 is 15.5 Å². The lowest BCUT2D eigenvalue weighted by Gasteiger charge is -2.07. The van der Waals surface area contributed by atoms with E-state index < -0.39 is 0 Å². The van der Waals surface area contributed by atoms with Gasteiger partial charge in [-0.1, -0.05) is 6.07 Å². The van der Waals surface area contributed by atoms with Crippen molar-refractivity contribution in [3.05, 3.63) is 53.5 Å². The lowest BCUT2D eigenvalue weighted by Crippen LogP contribution is -2.23. The molecule has 0 radical (unpaired) electrons. The van der Waals surface area contributed by atoms with Crippen LogP contribution < -0.4 is 11.1 Å². The number of furan rings is 1. The standard InChI is InChI=1S/C18H20N6O/c19-18(21-14-7-6-12-3-1-4-13(12)11-14)20-9-8-16-22-17(24-23-16)15-5-2-10-25-15/h2,5-7,10-11H,1,3-4,8-9H2,(H3,19,20,21)(H,22,23,24). The highest BCUT2D eigenvalue weighted by Gasteiger charge is 2.11. The number of nitrogens with one attached hydrogen (secondary N) is 2. The molecule has 0 aliphatic heterocycles. The molecule has 25 heavy (non-hydrogen) atoms. The minimum atomic E-state index is 0.406. The SMILES string of the molecule is NC(=NCCc1nc(-c2ccco2)n[nH]1)Nc1ccc2c(c1)CCC2. The van der Waals surface area contributed by atoms with Crippen LogP contribution >= 0.6 is 0 Å². The van der Waals surface area contributed by atoms with E-state index in [2.05, 4.69) is 43.7 Å². The molecule has 0 atom stereocenters. The molecule has 0 bridgehead atoms. The number of aromatic amines is 1. The Morgan fingerprint density at radius 3 is 3.08 bits per heavy atom. The first kappa shape index (κ1) is 15.4. The van der Waals surface area contributed by atoms with Gasteiger partial charge in [0.1, 0.15) is 5.82 Å². The first-order valence-electron chi connectivity index (χ1n) is 8.42. The van der Waals surface area contributed by atoms with Gasteiger partial charge in [0.2, 0.25) is 5.82 Å². The molecule has 0 spiro atoms. The van der Waals surface area contributed by atoms with E-state index in [-0.39, 0.29) is 0 Å². The van der Waals surface area contributed by atoms with Crippen molar-refractivity contribution >= 4 is 11.6 Å². The van der Waals surface area contributed by atoms with Crippen LogP contribution in [0.1, 0.15) is 23.4 Å². The fourth-order valence-corrected chi connectivity index (χ4v) is 3.04. The first-order valence-corrected chi connectivity index (χ1v) is 8.42. The number of benzene rings is 1. The van der Waals surface area contributed by atoms with Crippen LogP contribution in [0.15, 0.2) is 46.0 Å². The minimum Gasteiger partial charge on any atom is -0.461 e. The number of rotatable bonds is 5. The highest BCUT2D eigenvalue weighted by atomic mass is 16.3. The normalized spacial score (nSPS) is 13.8. The lowest BCUT2D eigenvalue weighted by atomic mass is 10.1. The molecular formula is C18H20N6O. The number of aliphatic imine (C=N–C) groups is 1. The topological polar surface area (TPSA) is 105 Å². The van der Waals surface area contributed by atoms with E-state index in [1.165, 1.54) is 24.0 Å². The van der Waals surface area contributed by atoms with Crippen LogP contribution in [0, 0.1) is 0 Å². The molecular weight excluding hydrogens is 316 g/mol. The fourth-order valence-electron chi connectivity index (χ4n) is 3.04. The molecule has 0 amide bonds. The third-order valence-electron chi connectivity index (χ3n) is 4.27. The Kier molecular flexibility index (Phi) is 4.20. The number of hydrogen-bond donors (Lipinski definition) is 3. The van der Waals surface area contributed by atoms with Gasteiger partial charge in [0, 0.05) is 18.7 Å². The van der Waals surface area contributed by atoms with E-state index in [1.807, 2.05) is 6.07 Å². The molecule has 1 aromatic carbocycles. The molecule has 1 aliphatic carbocycles. The Balaban J connectivity index is 1.32. The van der Waals surface area contributed by atoms with Gasteiger partial charge in [-0.05, 0) is 54.7 Å². The van der Waals surface area contributed by atoms with Crippen LogP contribution in [-0.2, 0) is 19.3 Å². The number of nitrogens with zero attached hydrogens (tertiary/aromatic N) is 3. The van der Waals surface area contributed by atoms with Crippen LogP contribution in [0.25, 0.3) is 11.6 Å². The van der Waals surface area contributed by atoms with Crippen LogP contribution in [0.5, 0.6) is 0 Å². The van der Waals surface area contributed by atoms with Crippen molar-refractivity contribution in [1.82, 2.24) is 15.2 Å². The Morgan fingerprint density at radius 1 is 1.28 bits per heavy atom. The second kappa shape index (κ2) is 6.80. The van der Waals surface area contributed by atoms with E-state index in [0.29, 0.717) is 30.5 Å². The molecule has 7 heteroatoms. The highest BCUT2D eigenvalue weighted by molar-refractivity contribution is 5.92. The molecule has 0 saturated heterocycles. The molecule has 2 heterocycles. The quantitative estimate of drug-likeness (QED) is 0.490. The molecule has 0 fully saturated rings. The van der Waals surface area contributed by atoms with Crippen molar-refractivity contribution in [2.24, 2.45) is 10.7 Å². The third kappa shape index (κ3) is 3.55. The monoisotopic (exact) mass is 336 g/mol. The number of guanidine groups is 1. The third-order valence-corrected chi connectivity index (χ3v) is 4.27. The Bertz CT molecular complexity index is 881. The Morgan fingerprint density at radius 2 is 2.20 bits per heavy atom. The molecule has 128 valence electrons. The average molecular weight is 336 g/mol. The number of H-pyrrole nitrogens is 1. The zero-order valence-corrected chi connectivity index (χ0v) is 13.8. The molecule has 1 aliphatic rings. The molecule has 4 N–H and O–H groups in total. The number of fused-ring (bicyclic) bond motifs is 1. The van der Waals surface area contributed by atoms with Crippen LogP contribution in [0.4, 0.5) is 5.69 Å². The number of nitrogens with two attached hydrogens (primary N) is 1. The summed E-state index contributed by atoms with van der Waals surface area (Å²) in [5, 5.41) is 10.2. The van der Waals surface area contributed by atoms with E-state index in [1.54, 1.807) is 12.3 Å². The average Bonchev–Trinajstić information content (AvgIpc) is 3.35. The van der Waals surface area contributed by atoms with Crippen molar-refractivity contribution in [2.45, 2.75) is 25.7 Å². The minimum absolute atomic E-state index is 0.406.